The second-order valence-electron chi connectivity index (χ2n) is 7.63. The molecule has 2 heterocycles. The summed E-state index contributed by atoms with van der Waals surface area (Å²) in [7, 11) is 1.96. The summed E-state index contributed by atoms with van der Waals surface area (Å²) in [5, 5.41) is 13.2. The molecule has 0 unspecified atom stereocenters. The van der Waals surface area contributed by atoms with Gasteiger partial charge in [-0.1, -0.05) is 48.5 Å². The third-order valence-corrected chi connectivity index (χ3v) is 5.74. The molecule has 0 N–H and O–H groups in total. The number of para-hydroxylation sites is 1. The number of nitrogens with zero attached hydrogens (tertiary/aromatic N) is 2. The number of carboxylic acids is 1. The minimum atomic E-state index is -1.35. The third-order valence-electron chi connectivity index (χ3n) is 5.74. The van der Waals surface area contributed by atoms with E-state index in [1.165, 1.54) is 18.2 Å². The lowest BCUT2D eigenvalue weighted by atomic mass is 9.96. The third kappa shape index (κ3) is 2.97. The average molecular weight is 409 g/mol. The van der Waals surface area contributed by atoms with Crippen molar-refractivity contribution in [3.05, 3.63) is 89.9 Å². The van der Waals surface area contributed by atoms with Gasteiger partial charge >= 0.3 is 0 Å². The Kier molecular flexibility index (Phi) is 4.33. The molecule has 4 nitrogen and oxygen atoms in total. The van der Waals surface area contributed by atoms with E-state index < -0.39 is 11.8 Å². The van der Waals surface area contributed by atoms with Gasteiger partial charge < -0.3 is 14.5 Å². The van der Waals surface area contributed by atoms with Crippen molar-refractivity contribution in [2.24, 2.45) is 7.05 Å². The van der Waals surface area contributed by atoms with Crippen LogP contribution in [0.5, 0.6) is 0 Å². The highest BCUT2D eigenvalue weighted by Crippen LogP contribution is 2.38. The maximum absolute atomic E-state index is 13.8. The molecular formula is C26H18FN2O2-. The number of aromatic nitrogens is 2. The monoisotopic (exact) mass is 409 g/mol. The Morgan fingerprint density at radius 1 is 0.968 bits per heavy atom. The lowest BCUT2D eigenvalue weighted by Crippen LogP contribution is -2.24. The number of hydrogen-bond donors (Lipinski definition) is 0. The van der Waals surface area contributed by atoms with E-state index in [9.17, 15) is 14.3 Å². The van der Waals surface area contributed by atoms with Crippen LogP contribution in [0.1, 0.15) is 15.9 Å². The summed E-state index contributed by atoms with van der Waals surface area (Å²) in [6, 6.07) is 20.1. The van der Waals surface area contributed by atoms with Crippen LogP contribution in [0.3, 0.4) is 0 Å². The van der Waals surface area contributed by atoms with Crippen molar-refractivity contribution >= 4 is 27.8 Å². The van der Waals surface area contributed by atoms with Gasteiger partial charge in [0.05, 0.1) is 22.7 Å². The summed E-state index contributed by atoms with van der Waals surface area (Å²) in [4.78, 5) is 16.7. The van der Waals surface area contributed by atoms with Crippen molar-refractivity contribution in [1.82, 2.24) is 9.55 Å². The number of aromatic carboxylic acids is 1. The van der Waals surface area contributed by atoms with Gasteiger partial charge in [-0.3, -0.25) is 0 Å². The van der Waals surface area contributed by atoms with Gasteiger partial charge in [0.1, 0.15) is 5.82 Å². The maximum Gasteiger partial charge on any atom is 0.123 e. The van der Waals surface area contributed by atoms with Crippen molar-refractivity contribution in [3.63, 3.8) is 0 Å². The molecule has 0 fully saturated rings. The normalized spacial score (nSPS) is 11.3. The Bertz CT molecular complexity index is 1490. The standard InChI is InChI=1S/C26H19FN2O2/c1-15-23(26(30)31)20-13-17(27)11-12-22(20)28-24(15)21-14-29(2)25-18(9-6-10-19(21)25)16-7-4-3-5-8-16/h3-14H,1-2H3,(H,30,31)/p-1. The van der Waals surface area contributed by atoms with Crippen molar-refractivity contribution in [1.29, 1.82) is 0 Å². The molecule has 0 spiro atoms. The van der Waals surface area contributed by atoms with Gasteiger partial charge in [0.2, 0.25) is 0 Å². The zero-order chi connectivity index (χ0) is 21.7. The summed E-state index contributed by atoms with van der Waals surface area (Å²) >= 11 is 0. The number of benzene rings is 3. The SMILES string of the molecule is Cc1c(-c2cn(C)c3c(-c4ccccc4)cccc23)nc2ccc(F)cc2c1C(=O)[O-]. The van der Waals surface area contributed by atoms with Gasteiger partial charge in [-0.25, -0.2) is 9.37 Å². The average Bonchev–Trinajstić information content (AvgIpc) is 3.10. The first kappa shape index (κ1) is 19.0. The highest BCUT2D eigenvalue weighted by atomic mass is 19.1. The van der Waals surface area contributed by atoms with Crippen LogP contribution in [0.4, 0.5) is 4.39 Å². The van der Waals surface area contributed by atoms with E-state index in [0.29, 0.717) is 16.8 Å². The number of carbonyl (C=O) groups excluding carboxylic acids is 1. The molecule has 0 saturated heterocycles. The fourth-order valence-electron chi connectivity index (χ4n) is 4.36. The van der Waals surface area contributed by atoms with Crippen LogP contribution in [0.2, 0.25) is 0 Å². The summed E-state index contributed by atoms with van der Waals surface area (Å²) in [5.74, 6) is -1.86. The van der Waals surface area contributed by atoms with Crippen LogP contribution in [-0.2, 0) is 7.05 Å². The predicted octanol–water partition coefficient (Wildman–Crippen LogP) is 4.87. The highest BCUT2D eigenvalue weighted by molar-refractivity contribution is 6.08. The molecule has 5 rings (SSSR count). The molecule has 0 aliphatic carbocycles. The predicted molar refractivity (Wildman–Crippen MR) is 118 cm³/mol. The molecule has 31 heavy (non-hydrogen) atoms. The fraction of sp³-hybridized carbons (Fsp3) is 0.0769. The number of carbonyl (C=O) groups is 1. The van der Waals surface area contributed by atoms with E-state index in [2.05, 4.69) is 18.2 Å². The Labute approximate surface area is 178 Å². The van der Waals surface area contributed by atoms with E-state index in [0.717, 1.165) is 27.6 Å². The van der Waals surface area contributed by atoms with Crippen LogP contribution in [0, 0.1) is 12.7 Å². The minimum absolute atomic E-state index is 0.0317. The fourth-order valence-corrected chi connectivity index (χ4v) is 4.36. The molecule has 5 aromatic rings. The van der Waals surface area contributed by atoms with Crippen molar-refractivity contribution in [2.75, 3.05) is 0 Å². The van der Waals surface area contributed by atoms with E-state index in [1.807, 2.05) is 48.1 Å². The van der Waals surface area contributed by atoms with Crippen molar-refractivity contribution in [2.45, 2.75) is 6.92 Å². The summed E-state index contributed by atoms with van der Waals surface area (Å²) in [6.07, 6.45) is 1.96. The van der Waals surface area contributed by atoms with Crippen LogP contribution in [-0.4, -0.2) is 15.5 Å². The largest absolute Gasteiger partial charge is 0.545 e. The summed E-state index contributed by atoms with van der Waals surface area (Å²) in [5.41, 5.74) is 5.40. The minimum Gasteiger partial charge on any atom is -0.545 e. The number of fused-ring (bicyclic) bond motifs is 2. The lowest BCUT2D eigenvalue weighted by Gasteiger charge is -2.15. The zero-order valence-corrected chi connectivity index (χ0v) is 17.0. The molecule has 3 aromatic carbocycles. The number of pyridine rings is 1. The van der Waals surface area contributed by atoms with Gasteiger partial charge in [-0.05, 0) is 36.2 Å². The van der Waals surface area contributed by atoms with Gasteiger partial charge in [0.15, 0.2) is 0 Å². The van der Waals surface area contributed by atoms with Gasteiger partial charge in [0.25, 0.3) is 0 Å². The van der Waals surface area contributed by atoms with E-state index in [-0.39, 0.29) is 10.9 Å². The molecule has 2 aromatic heterocycles. The molecule has 0 saturated carbocycles. The summed E-state index contributed by atoms with van der Waals surface area (Å²) in [6.45, 7) is 1.69. The number of aryl methyl sites for hydroxylation is 1. The second kappa shape index (κ2) is 7.06. The van der Waals surface area contributed by atoms with Crippen LogP contribution >= 0.6 is 0 Å². The molecule has 0 radical (unpaired) electrons. The Balaban J connectivity index is 1.84. The quantitative estimate of drug-likeness (QED) is 0.427. The molecule has 0 aliphatic rings. The smallest absolute Gasteiger partial charge is 0.123 e. The first-order valence-electron chi connectivity index (χ1n) is 9.90. The number of hydrogen-bond acceptors (Lipinski definition) is 3. The Morgan fingerprint density at radius 3 is 2.48 bits per heavy atom. The van der Waals surface area contributed by atoms with Gasteiger partial charge in [-0.15, -0.1) is 0 Å². The van der Waals surface area contributed by atoms with Crippen LogP contribution < -0.4 is 5.11 Å². The molecular weight excluding hydrogens is 391 g/mol. The molecule has 0 bridgehead atoms. The van der Waals surface area contributed by atoms with Gasteiger partial charge in [-0.2, -0.15) is 0 Å². The second-order valence-corrected chi connectivity index (χ2v) is 7.63. The Hall–Kier alpha value is -3.99. The zero-order valence-electron chi connectivity index (χ0n) is 17.0. The van der Waals surface area contributed by atoms with E-state index in [4.69, 9.17) is 4.98 Å². The number of rotatable bonds is 3. The van der Waals surface area contributed by atoms with E-state index in [1.54, 1.807) is 6.92 Å². The molecule has 0 aliphatic heterocycles. The maximum atomic E-state index is 13.8. The van der Waals surface area contributed by atoms with E-state index >= 15 is 0 Å². The topological polar surface area (TPSA) is 58.0 Å². The highest BCUT2D eigenvalue weighted by Gasteiger charge is 2.19. The van der Waals surface area contributed by atoms with Crippen LogP contribution in [0.15, 0.2) is 72.9 Å². The van der Waals surface area contributed by atoms with Crippen molar-refractivity contribution in [3.8, 4) is 22.4 Å². The Morgan fingerprint density at radius 2 is 1.74 bits per heavy atom. The first-order valence-corrected chi connectivity index (χ1v) is 9.90. The first-order chi connectivity index (χ1) is 15.0. The molecule has 0 atom stereocenters. The summed E-state index contributed by atoms with van der Waals surface area (Å²) < 4.78 is 15.8. The number of halogens is 1. The van der Waals surface area contributed by atoms with Crippen molar-refractivity contribution < 1.29 is 14.3 Å². The molecule has 152 valence electrons. The lowest BCUT2D eigenvalue weighted by molar-refractivity contribution is -0.254. The molecule has 5 heteroatoms. The van der Waals surface area contributed by atoms with Crippen LogP contribution in [0.25, 0.3) is 44.2 Å². The number of carboxylic acid groups (broad SMARTS) is 1. The van der Waals surface area contributed by atoms with Gasteiger partial charge in [0, 0.05) is 40.7 Å². The molecule has 0 amide bonds.